The average molecular weight is 422 g/mol. The number of methoxy groups -OCH3 is 1. The van der Waals surface area contributed by atoms with Crippen LogP contribution in [0.1, 0.15) is 29.8 Å². The highest BCUT2D eigenvalue weighted by atomic mass is 32.2. The van der Waals surface area contributed by atoms with Crippen LogP contribution in [0.25, 0.3) is 11.1 Å². The largest absolute Gasteiger partial charge is 0.488 e. The Labute approximate surface area is 170 Å². The van der Waals surface area contributed by atoms with E-state index in [2.05, 4.69) is 9.62 Å². The normalized spacial score (nSPS) is 15.3. The number of nitrogens with zero attached hydrogens (tertiary/aromatic N) is 1. The Morgan fingerprint density at radius 3 is 2.76 bits per heavy atom. The zero-order valence-corrected chi connectivity index (χ0v) is 17.0. The third-order valence-corrected chi connectivity index (χ3v) is 5.98. The fourth-order valence-electron chi connectivity index (χ4n) is 3.50. The van der Waals surface area contributed by atoms with Gasteiger partial charge in [0.2, 0.25) is 0 Å². The highest BCUT2D eigenvalue weighted by Crippen LogP contribution is 2.46. The summed E-state index contributed by atoms with van der Waals surface area (Å²) in [6, 6.07) is 4.85. The number of hydrogen-bond donors (Lipinski definition) is 2. The van der Waals surface area contributed by atoms with Gasteiger partial charge in [-0.2, -0.15) is 0 Å². The van der Waals surface area contributed by atoms with Crippen LogP contribution in [-0.4, -0.2) is 37.0 Å². The number of carbonyl (C=O) groups is 1. The van der Waals surface area contributed by atoms with Crippen molar-refractivity contribution in [1.29, 1.82) is 0 Å². The fourth-order valence-corrected chi connectivity index (χ4v) is 4.34. The van der Waals surface area contributed by atoms with Crippen LogP contribution in [-0.2, 0) is 11.3 Å². The predicted octanol–water partition coefficient (Wildman–Crippen LogP) is 4.02. The molecule has 0 saturated heterocycles. The molecule has 0 aromatic heterocycles. The van der Waals surface area contributed by atoms with Crippen LogP contribution < -0.4 is 14.4 Å². The second kappa shape index (κ2) is 7.16. The van der Waals surface area contributed by atoms with Gasteiger partial charge in [0.15, 0.2) is 11.6 Å². The molecule has 2 N–H and O–H groups in total. The van der Waals surface area contributed by atoms with E-state index in [9.17, 15) is 18.7 Å². The van der Waals surface area contributed by atoms with Crippen LogP contribution in [0, 0.1) is 11.6 Å². The summed E-state index contributed by atoms with van der Waals surface area (Å²) in [5.41, 5.74) is 0.754. The number of anilines is 1. The van der Waals surface area contributed by atoms with Crippen molar-refractivity contribution >= 4 is 23.6 Å². The predicted molar refractivity (Wildman–Crippen MR) is 105 cm³/mol. The van der Waals surface area contributed by atoms with Crippen LogP contribution in [0.3, 0.4) is 0 Å². The SMILES string of the molecule is COC(C)(C)CN1CNSc2cc3c(cc21)OCc1c-3cc(C(=O)O)c(F)c1F. The van der Waals surface area contributed by atoms with Gasteiger partial charge < -0.3 is 19.5 Å². The first-order valence-electron chi connectivity index (χ1n) is 8.97. The molecular weight excluding hydrogens is 402 g/mol. The number of ether oxygens (including phenoxy) is 2. The molecule has 0 saturated carbocycles. The van der Waals surface area contributed by atoms with Gasteiger partial charge in [0.25, 0.3) is 0 Å². The van der Waals surface area contributed by atoms with Crippen molar-refractivity contribution in [3.8, 4) is 16.9 Å². The van der Waals surface area contributed by atoms with Gasteiger partial charge in [-0.15, -0.1) is 0 Å². The molecule has 0 radical (unpaired) electrons. The topological polar surface area (TPSA) is 71.0 Å². The van der Waals surface area contributed by atoms with E-state index < -0.39 is 23.2 Å². The Kier molecular flexibility index (Phi) is 4.92. The third-order valence-electron chi connectivity index (χ3n) is 5.16. The molecule has 0 bridgehead atoms. The summed E-state index contributed by atoms with van der Waals surface area (Å²) in [5.74, 6) is -3.57. The molecule has 2 aliphatic rings. The van der Waals surface area contributed by atoms with Crippen molar-refractivity contribution in [2.24, 2.45) is 0 Å². The molecule has 29 heavy (non-hydrogen) atoms. The Hall–Kier alpha value is -2.36. The van der Waals surface area contributed by atoms with Gasteiger partial charge in [0.05, 0.1) is 23.5 Å². The Balaban J connectivity index is 1.83. The van der Waals surface area contributed by atoms with E-state index in [1.807, 2.05) is 26.0 Å². The van der Waals surface area contributed by atoms with E-state index in [1.165, 1.54) is 18.0 Å². The first-order valence-corrected chi connectivity index (χ1v) is 9.78. The lowest BCUT2D eigenvalue weighted by molar-refractivity contribution is 0.0288. The Morgan fingerprint density at radius 1 is 1.31 bits per heavy atom. The van der Waals surface area contributed by atoms with Crippen molar-refractivity contribution < 1.29 is 28.2 Å². The molecule has 0 unspecified atom stereocenters. The summed E-state index contributed by atoms with van der Waals surface area (Å²) in [6.45, 7) is 5.04. The summed E-state index contributed by atoms with van der Waals surface area (Å²) in [5, 5.41) is 9.23. The number of carboxylic acids is 1. The zero-order valence-electron chi connectivity index (χ0n) is 16.1. The molecule has 2 aromatic carbocycles. The van der Waals surface area contributed by atoms with Gasteiger partial charge in [0.1, 0.15) is 12.4 Å². The average Bonchev–Trinajstić information content (AvgIpc) is 2.69. The van der Waals surface area contributed by atoms with E-state index in [0.717, 1.165) is 10.6 Å². The Morgan fingerprint density at radius 2 is 2.07 bits per heavy atom. The smallest absolute Gasteiger partial charge is 0.338 e. The van der Waals surface area contributed by atoms with Gasteiger partial charge in [0, 0.05) is 35.7 Å². The summed E-state index contributed by atoms with van der Waals surface area (Å²) >= 11 is 1.42. The van der Waals surface area contributed by atoms with Crippen molar-refractivity contribution in [3.63, 3.8) is 0 Å². The minimum atomic E-state index is -1.51. The maximum absolute atomic E-state index is 14.5. The highest BCUT2D eigenvalue weighted by Gasteiger charge is 2.31. The number of halogens is 2. The lowest BCUT2D eigenvalue weighted by atomic mass is 9.93. The zero-order chi connectivity index (χ0) is 20.9. The van der Waals surface area contributed by atoms with Crippen LogP contribution in [0.4, 0.5) is 14.5 Å². The minimum absolute atomic E-state index is 0.0195. The maximum Gasteiger partial charge on any atom is 0.338 e. The monoisotopic (exact) mass is 422 g/mol. The van der Waals surface area contributed by atoms with Crippen molar-refractivity contribution in [2.75, 3.05) is 25.2 Å². The fraction of sp³-hybridized carbons (Fsp3) is 0.350. The minimum Gasteiger partial charge on any atom is -0.488 e. The molecule has 4 rings (SSSR count). The summed E-state index contributed by atoms with van der Waals surface area (Å²) in [4.78, 5) is 14.3. The van der Waals surface area contributed by atoms with Crippen LogP contribution >= 0.6 is 11.9 Å². The number of benzene rings is 2. The molecule has 154 valence electrons. The van der Waals surface area contributed by atoms with E-state index in [0.29, 0.717) is 30.1 Å². The maximum atomic E-state index is 14.5. The summed E-state index contributed by atoms with van der Waals surface area (Å²) in [7, 11) is 1.66. The van der Waals surface area contributed by atoms with Crippen molar-refractivity contribution in [1.82, 2.24) is 4.72 Å². The van der Waals surface area contributed by atoms with E-state index in [4.69, 9.17) is 9.47 Å². The molecule has 2 heterocycles. The standard InChI is InChI=1S/C20H20F2N2O4S/c1-20(2,27-3)8-24-9-23-29-16-5-11-10-4-12(19(25)26)17(21)18(22)13(10)7-28-15(11)6-14(16)24/h4-6,23H,7-9H2,1-3H3,(H,25,26). The number of carboxylic acid groups (broad SMARTS) is 1. The number of rotatable bonds is 4. The van der Waals surface area contributed by atoms with Gasteiger partial charge in [-0.25, -0.2) is 18.3 Å². The number of nitrogens with one attached hydrogen (secondary N) is 1. The van der Waals surface area contributed by atoms with Crippen LogP contribution in [0.2, 0.25) is 0 Å². The molecule has 2 aliphatic heterocycles. The lowest BCUT2D eigenvalue weighted by Crippen LogP contribution is -2.45. The summed E-state index contributed by atoms with van der Waals surface area (Å²) in [6.07, 6.45) is 0. The van der Waals surface area contributed by atoms with Crippen LogP contribution in [0.5, 0.6) is 5.75 Å². The van der Waals surface area contributed by atoms with E-state index in [-0.39, 0.29) is 17.8 Å². The summed E-state index contributed by atoms with van der Waals surface area (Å²) < 4.78 is 43.0. The van der Waals surface area contributed by atoms with Crippen LogP contribution in [0.15, 0.2) is 23.1 Å². The van der Waals surface area contributed by atoms with Crippen molar-refractivity contribution in [3.05, 3.63) is 41.0 Å². The second-order valence-corrected chi connectivity index (χ2v) is 8.49. The first-order chi connectivity index (χ1) is 13.7. The second-order valence-electron chi connectivity index (χ2n) is 7.55. The van der Waals surface area contributed by atoms with Gasteiger partial charge in [-0.3, -0.25) is 0 Å². The Bertz CT molecular complexity index is 1010. The molecule has 9 heteroatoms. The van der Waals surface area contributed by atoms with Gasteiger partial charge >= 0.3 is 5.97 Å². The molecule has 0 aliphatic carbocycles. The third kappa shape index (κ3) is 3.43. The van der Waals surface area contributed by atoms with Gasteiger partial charge in [-0.1, -0.05) is 0 Å². The number of fused-ring (bicyclic) bond motifs is 4. The number of aromatic carboxylic acids is 1. The van der Waals surface area contributed by atoms with Crippen molar-refractivity contribution in [2.45, 2.75) is 31.0 Å². The van der Waals surface area contributed by atoms with E-state index in [1.54, 1.807) is 7.11 Å². The van der Waals surface area contributed by atoms with E-state index >= 15 is 0 Å². The first kappa shape index (κ1) is 19.9. The molecule has 0 fully saturated rings. The number of hydrogen-bond acceptors (Lipinski definition) is 6. The highest BCUT2D eigenvalue weighted by molar-refractivity contribution is 7.97. The quantitative estimate of drug-likeness (QED) is 0.721. The molecule has 6 nitrogen and oxygen atoms in total. The molecule has 0 amide bonds. The lowest BCUT2D eigenvalue weighted by Gasteiger charge is -2.37. The molecular formula is C20H20F2N2O4S. The molecule has 2 aromatic rings. The molecule has 0 atom stereocenters. The molecule has 0 spiro atoms. The van der Waals surface area contributed by atoms with Gasteiger partial charge in [-0.05, 0) is 43.5 Å².